The molecule has 0 heterocycles. The summed E-state index contributed by atoms with van der Waals surface area (Å²) in [4.78, 5) is 11.2. The van der Waals surface area contributed by atoms with E-state index in [4.69, 9.17) is 20.9 Å². The smallest absolute Gasteiger partial charge is 0.248 e. The second-order valence-electron chi connectivity index (χ2n) is 4.33. The number of aryl methyl sites for hydroxylation is 1. The number of primary amides is 1. The third-order valence-electron chi connectivity index (χ3n) is 2.90. The average molecular weight is 272 g/mol. The van der Waals surface area contributed by atoms with Crippen molar-refractivity contribution in [3.63, 3.8) is 0 Å². The minimum absolute atomic E-state index is 0.354. The third kappa shape index (κ3) is 2.66. The zero-order chi connectivity index (χ0) is 14.7. The van der Waals surface area contributed by atoms with Crippen molar-refractivity contribution >= 4 is 11.6 Å². The van der Waals surface area contributed by atoms with E-state index in [9.17, 15) is 4.79 Å². The molecule has 1 amide bonds. The summed E-state index contributed by atoms with van der Waals surface area (Å²) in [6, 6.07) is 10.2. The highest BCUT2D eigenvalue weighted by atomic mass is 16.5. The number of hydrogen-bond donors (Lipinski definition) is 2. The van der Waals surface area contributed by atoms with Crippen LogP contribution in [0, 0.1) is 6.92 Å². The van der Waals surface area contributed by atoms with Gasteiger partial charge >= 0.3 is 0 Å². The lowest BCUT2D eigenvalue weighted by Gasteiger charge is -2.14. The van der Waals surface area contributed by atoms with Gasteiger partial charge in [-0.25, -0.2) is 0 Å². The number of hydrogen-bond acceptors (Lipinski definition) is 4. The molecular weight excluding hydrogens is 256 g/mol. The second-order valence-corrected chi connectivity index (χ2v) is 4.33. The first-order valence-electron chi connectivity index (χ1n) is 6.03. The highest BCUT2D eigenvalue weighted by Crippen LogP contribution is 2.36. The molecule has 2 rings (SSSR count). The van der Waals surface area contributed by atoms with E-state index >= 15 is 0 Å². The van der Waals surface area contributed by atoms with Crippen LogP contribution >= 0.6 is 0 Å². The first-order valence-corrected chi connectivity index (χ1v) is 6.03. The van der Waals surface area contributed by atoms with E-state index in [1.165, 1.54) is 13.2 Å². The minimum Gasteiger partial charge on any atom is -0.493 e. The Balaban J connectivity index is 2.41. The van der Waals surface area contributed by atoms with Crippen molar-refractivity contribution in [1.29, 1.82) is 0 Å². The molecule has 0 spiro atoms. The normalized spacial score (nSPS) is 10.1. The van der Waals surface area contributed by atoms with E-state index in [1.807, 2.05) is 19.1 Å². The standard InChI is InChI=1S/C15H16N2O3/c1-9-4-3-5-11(16)14(9)20-12-7-6-10(15(17)18)8-13(12)19-2/h3-8H,16H2,1-2H3,(H2,17,18). The number of carbonyl (C=O) groups excluding carboxylic acids is 1. The van der Waals surface area contributed by atoms with Crippen molar-refractivity contribution in [2.24, 2.45) is 5.73 Å². The van der Waals surface area contributed by atoms with Crippen molar-refractivity contribution in [2.45, 2.75) is 6.92 Å². The molecular formula is C15H16N2O3. The predicted molar refractivity (Wildman–Crippen MR) is 77.2 cm³/mol. The van der Waals surface area contributed by atoms with Crippen molar-refractivity contribution in [3.05, 3.63) is 47.5 Å². The van der Waals surface area contributed by atoms with Gasteiger partial charge in [-0.05, 0) is 36.8 Å². The maximum atomic E-state index is 11.2. The number of carbonyl (C=O) groups is 1. The van der Waals surface area contributed by atoms with Gasteiger partial charge in [0.1, 0.15) is 0 Å². The molecule has 0 aliphatic carbocycles. The molecule has 5 heteroatoms. The Morgan fingerprint density at radius 1 is 1.15 bits per heavy atom. The van der Waals surface area contributed by atoms with Crippen LogP contribution in [0.2, 0.25) is 0 Å². The molecule has 2 aromatic carbocycles. The molecule has 5 nitrogen and oxygen atoms in total. The molecule has 0 saturated heterocycles. The van der Waals surface area contributed by atoms with Crippen LogP contribution in [0.1, 0.15) is 15.9 Å². The van der Waals surface area contributed by atoms with Crippen LogP contribution in [0.25, 0.3) is 0 Å². The Bertz CT molecular complexity index is 633. The molecule has 0 aliphatic rings. The SMILES string of the molecule is COc1cc(C(N)=O)ccc1Oc1c(C)cccc1N. The zero-order valence-electron chi connectivity index (χ0n) is 11.3. The fourth-order valence-electron chi connectivity index (χ4n) is 1.83. The summed E-state index contributed by atoms with van der Waals surface area (Å²) >= 11 is 0. The summed E-state index contributed by atoms with van der Waals surface area (Å²) < 4.78 is 11.0. The number of methoxy groups -OCH3 is 1. The monoisotopic (exact) mass is 272 g/mol. The van der Waals surface area contributed by atoms with Gasteiger partial charge in [-0.2, -0.15) is 0 Å². The summed E-state index contributed by atoms with van der Waals surface area (Å²) in [7, 11) is 1.49. The van der Waals surface area contributed by atoms with Crippen molar-refractivity contribution in [1.82, 2.24) is 0 Å². The first-order chi connectivity index (χ1) is 9.52. The summed E-state index contributed by atoms with van der Waals surface area (Å²) in [5, 5.41) is 0. The topological polar surface area (TPSA) is 87.6 Å². The van der Waals surface area contributed by atoms with E-state index in [0.717, 1.165) is 5.56 Å². The number of nitrogen functional groups attached to an aromatic ring is 1. The largest absolute Gasteiger partial charge is 0.493 e. The lowest BCUT2D eigenvalue weighted by atomic mass is 10.1. The highest BCUT2D eigenvalue weighted by Gasteiger charge is 2.12. The van der Waals surface area contributed by atoms with Crippen LogP contribution in [-0.2, 0) is 0 Å². The Labute approximate surface area is 117 Å². The van der Waals surface area contributed by atoms with Gasteiger partial charge in [0.25, 0.3) is 0 Å². The molecule has 0 saturated carbocycles. The summed E-state index contributed by atoms with van der Waals surface area (Å²) in [6.45, 7) is 1.90. The lowest BCUT2D eigenvalue weighted by Crippen LogP contribution is -2.11. The number of nitrogens with two attached hydrogens (primary N) is 2. The Kier molecular flexibility index (Phi) is 3.79. The molecule has 0 atom stereocenters. The highest BCUT2D eigenvalue weighted by molar-refractivity contribution is 5.93. The van der Waals surface area contributed by atoms with Crippen molar-refractivity contribution < 1.29 is 14.3 Å². The van der Waals surface area contributed by atoms with Crippen LogP contribution in [0.15, 0.2) is 36.4 Å². The zero-order valence-corrected chi connectivity index (χ0v) is 11.3. The van der Waals surface area contributed by atoms with Crippen molar-refractivity contribution in [3.8, 4) is 17.2 Å². The number of ether oxygens (including phenoxy) is 2. The number of rotatable bonds is 4. The minimum atomic E-state index is -0.523. The van der Waals surface area contributed by atoms with E-state index < -0.39 is 5.91 Å². The van der Waals surface area contributed by atoms with E-state index in [0.29, 0.717) is 28.5 Å². The molecule has 2 aromatic rings. The maximum Gasteiger partial charge on any atom is 0.248 e. The molecule has 20 heavy (non-hydrogen) atoms. The molecule has 0 aromatic heterocycles. The van der Waals surface area contributed by atoms with E-state index in [-0.39, 0.29) is 0 Å². The summed E-state index contributed by atoms with van der Waals surface area (Å²) in [5.74, 6) is 0.935. The van der Waals surface area contributed by atoms with Gasteiger partial charge in [-0.15, -0.1) is 0 Å². The number of benzene rings is 2. The third-order valence-corrected chi connectivity index (χ3v) is 2.90. The Hall–Kier alpha value is -2.69. The van der Waals surface area contributed by atoms with E-state index in [1.54, 1.807) is 18.2 Å². The Morgan fingerprint density at radius 3 is 2.50 bits per heavy atom. The van der Waals surface area contributed by atoms with Gasteiger partial charge in [0, 0.05) is 5.56 Å². The molecule has 4 N–H and O–H groups in total. The molecule has 0 aliphatic heterocycles. The van der Waals surface area contributed by atoms with Gasteiger partial charge in [0.05, 0.1) is 12.8 Å². The average Bonchev–Trinajstić information content (AvgIpc) is 2.43. The fraction of sp³-hybridized carbons (Fsp3) is 0.133. The summed E-state index contributed by atoms with van der Waals surface area (Å²) in [6.07, 6.45) is 0. The molecule has 0 unspecified atom stereocenters. The Morgan fingerprint density at radius 2 is 1.90 bits per heavy atom. The van der Waals surface area contributed by atoms with Gasteiger partial charge in [-0.1, -0.05) is 12.1 Å². The quantitative estimate of drug-likeness (QED) is 0.837. The predicted octanol–water partition coefficient (Wildman–Crippen LogP) is 2.48. The maximum absolute atomic E-state index is 11.2. The number of anilines is 1. The van der Waals surface area contributed by atoms with Crippen LogP contribution in [-0.4, -0.2) is 13.0 Å². The number of para-hydroxylation sites is 1. The van der Waals surface area contributed by atoms with Gasteiger partial charge in [0.15, 0.2) is 17.2 Å². The number of amides is 1. The van der Waals surface area contributed by atoms with E-state index in [2.05, 4.69) is 0 Å². The molecule has 0 bridgehead atoms. The van der Waals surface area contributed by atoms with Gasteiger partial charge < -0.3 is 20.9 Å². The lowest BCUT2D eigenvalue weighted by molar-refractivity contribution is 0.1000. The fourth-order valence-corrected chi connectivity index (χ4v) is 1.83. The summed E-state index contributed by atoms with van der Waals surface area (Å²) in [5.41, 5.74) is 12.9. The van der Waals surface area contributed by atoms with Crippen molar-refractivity contribution in [2.75, 3.05) is 12.8 Å². The second kappa shape index (κ2) is 5.52. The van der Waals surface area contributed by atoms with Crippen LogP contribution in [0.3, 0.4) is 0 Å². The van der Waals surface area contributed by atoms with Crippen LogP contribution in [0.5, 0.6) is 17.2 Å². The van der Waals surface area contributed by atoms with Gasteiger partial charge in [0.2, 0.25) is 5.91 Å². The molecule has 104 valence electrons. The van der Waals surface area contributed by atoms with Crippen LogP contribution in [0.4, 0.5) is 5.69 Å². The van der Waals surface area contributed by atoms with Gasteiger partial charge in [-0.3, -0.25) is 4.79 Å². The molecule has 0 radical (unpaired) electrons. The first kappa shape index (κ1) is 13.7. The van der Waals surface area contributed by atoms with Crippen LogP contribution < -0.4 is 20.9 Å². The molecule has 0 fully saturated rings.